The summed E-state index contributed by atoms with van der Waals surface area (Å²) >= 11 is 0. The van der Waals surface area contributed by atoms with Gasteiger partial charge in [-0.15, -0.1) is 0 Å². The maximum absolute atomic E-state index is 15.3. The predicted molar refractivity (Wildman–Crippen MR) is 327 cm³/mol. The van der Waals surface area contributed by atoms with E-state index in [1.165, 1.54) is 68.6 Å². The summed E-state index contributed by atoms with van der Waals surface area (Å²) in [5.41, 5.74) is 10.2. The number of aromatic nitrogens is 3. The van der Waals surface area contributed by atoms with Crippen molar-refractivity contribution in [2.75, 3.05) is 0 Å². The van der Waals surface area contributed by atoms with Gasteiger partial charge in [0.15, 0.2) is 24.6 Å². The quantitative estimate of drug-likeness (QED) is 0.101. The number of benzene rings is 12. The summed E-state index contributed by atoms with van der Waals surface area (Å²) in [6, 6.07) is 94.2. The molecule has 0 amide bonds. The molecule has 372 valence electrons. The zero-order chi connectivity index (χ0) is 52.0. The maximum Gasteiger partial charge on any atom is 0.171 e. The van der Waals surface area contributed by atoms with E-state index in [-0.39, 0.29) is 5.41 Å². The third-order valence-electron chi connectivity index (χ3n) is 16.5. The molecular weight excluding hydrogens is 966 g/mol. The lowest BCUT2D eigenvalue weighted by Crippen LogP contribution is -2.30. The standard InChI is InChI=1S/C73H54N3OP/c77-78(58-25-7-2-8-26-58,59-27-9-3-10-28-59)60-45-39-51(40-46-60)68-65-33-17-15-31-63(65)67(64-32-16-18-34-66(64)68)50-35-41-56(42-36-50)73(47-19-4-20-48-73)57-43-37-53(38-44-57)71-74-70(52-21-5-1-6-22-52)75-72(76-71)69-61-29-13-11-23-54(61)49-55-24-12-14-30-62(55)69/h1-3,5-18,21-46,49H,4,19-20,47-48H2. The van der Waals surface area contributed by atoms with E-state index >= 15 is 4.57 Å². The van der Waals surface area contributed by atoms with Gasteiger partial charge in [-0.2, -0.15) is 0 Å². The van der Waals surface area contributed by atoms with Gasteiger partial charge in [-0.1, -0.05) is 280 Å². The van der Waals surface area contributed by atoms with E-state index in [1.54, 1.807) is 0 Å². The molecule has 14 rings (SSSR count). The third-order valence-corrected chi connectivity index (χ3v) is 19.6. The Labute approximate surface area is 455 Å². The second kappa shape index (κ2) is 19.8. The lowest BCUT2D eigenvalue weighted by atomic mass is 9.65. The van der Waals surface area contributed by atoms with E-state index in [1.807, 2.05) is 78.9 Å². The zero-order valence-electron chi connectivity index (χ0n) is 43.1. The summed E-state index contributed by atoms with van der Waals surface area (Å²) in [5, 5.41) is 11.8. The summed E-state index contributed by atoms with van der Waals surface area (Å²) in [6.45, 7) is 0. The maximum atomic E-state index is 15.3. The predicted octanol–water partition coefficient (Wildman–Crippen LogP) is 17.7. The van der Waals surface area contributed by atoms with Crippen molar-refractivity contribution in [1.29, 1.82) is 0 Å². The lowest BCUT2D eigenvalue weighted by molar-refractivity contribution is 0.346. The first-order valence-electron chi connectivity index (χ1n) is 27.2. The van der Waals surface area contributed by atoms with Gasteiger partial charge < -0.3 is 4.57 Å². The highest BCUT2D eigenvalue weighted by atomic mass is 31.2. The van der Waals surface area contributed by atoms with Crippen LogP contribution in [0, 0.1) is 0 Å². The van der Waals surface area contributed by atoms with Gasteiger partial charge in [-0.05, 0) is 95.4 Å². The minimum absolute atomic E-state index is 0.137. The number of nitrogens with zero attached hydrogens (tertiary/aromatic N) is 3. The van der Waals surface area contributed by atoms with E-state index in [0.717, 1.165) is 72.6 Å². The van der Waals surface area contributed by atoms with Gasteiger partial charge >= 0.3 is 0 Å². The fourth-order valence-electron chi connectivity index (χ4n) is 12.7. The molecule has 4 nitrogen and oxygen atoms in total. The molecule has 1 saturated carbocycles. The molecule has 1 aliphatic carbocycles. The van der Waals surface area contributed by atoms with Crippen molar-refractivity contribution in [1.82, 2.24) is 15.0 Å². The van der Waals surface area contributed by atoms with Crippen LogP contribution in [-0.2, 0) is 9.98 Å². The molecule has 5 heteroatoms. The summed E-state index contributed by atoms with van der Waals surface area (Å²) in [7, 11) is -3.13. The van der Waals surface area contributed by atoms with Crippen LogP contribution < -0.4 is 15.9 Å². The van der Waals surface area contributed by atoms with Crippen molar-refractivity contribution in [2.45, 2.75) is 37.5 Å². The molecular formula is C73H54N3OP. The molecule has 1 aromatic heterocycles. The molecule has 78 heavy (non-hydrogen) atoms. The second-order valence-electron chi connectivity index (χ2n) is 20.8. The Morgan fingerprint density at radius 3 is 1.10 bits per heavy atom. The van der Waals surface area contributed by atoms with Crippen LogP contribution >= 0.6 is 7.14 Å². The molecule has 1 aliphatic rings. The molecule has 12 aromatic carbocycles. The van der Waals surface area contributed by atoms with Crippen LogP contribution in [0.2, 0.25) is 0 Å². The molecule has 0 atom stereocenters. The van der Waals surface area contributed by atoms with Gasteiger partial charge in [0.2, 0.25) is 0 Å². The van der Waals surface area contributed by atoms with Crippen LogP contribution in [0.15, 0.2) is 267 Å². The SMILES string of the molecule is O=P(c1ccccc1)(c1ccccc1)c1ccc(-c2c3ccccc3c(-c3ccc(C4(c5ccc(-c6nc(-c7ccccc7)nc(-c7c8ccccc8cc8ccccc78)n6)cc5)CCCCC4)cc3)c3ccccc23)cc1. The molecule has 0 radical (unpaired) electrons. The monoisotopic (exact) mass is 1020 g/mol. The molecule has 13 aromatic rings. The summed E-state index contributed by atoms with van der Waals surface area (Å²) in [6.07, 6.45) is 5.75. The Bertz CT molecular complexity index is 4250. The molecule has 1 fully saturated rings. The van der Waals surface area contributed by atoms with Crippen molar-refractivity contribution in [3.8, 4) is 56.4 Å². The molecule has 0 N–H and O–H groups in total. The van der Waals surface area contributed by atoms with Crippen LogP contribution in [0.3, 0.4) is 0 Å². The lowest BCUT2D eigenvalue weighted by Gasteiger charge is -2.39. The van der Waals surface area contributed by atoms with E-state index in [2.05, 4.69) is 188 Å². The van der Waals surface area contributed by atoms with Crippen molar-refractivity contribution in [2.24, 2.45) is 0 Å². The summed E-state index contributed by atoms with van der Waals surface area (Å²) in [5.74, 6) is 1.98. The van der Waals surface area contributed by atoms with Gasteiger partial charge in [-0.3, -0.25) is 0 Å². The Hall–Kier alpha value is -9.08. The number of rotatable bonds is 10. The fraction of sp³-hybridized carbons (Fsp3) is 0.0822. The van der Waals surface area contributed by atoms with Crippen LogP contribution in [0.1, 0.15) is 43.2 Å². The minimum Gasteiger partial charge on any atom is -0.309 e. The molecule has 0 bridgehead atoms. The van der Waals surface area contributed by atoms with Crippen LogP contribution in [0.25, 0.3) is 99.5 Å². The fourth-order valence-corrected chi connectivity index (χ4v) is 15.3. The van der Waals surface area contributed by atoms with E-state index in [4.69, 9.17) is 15.0 Å². The molecule has 0 saturated heterocycles. The van der Waals surface area contributed by atoms with Gasteiger partial charge in [0.1, 0.15) is 0 Å². The summed E-state index contributed by atoms with van der Waals surface area (Å²) in [4.78, 5) is 15.7. The number of fused-ring (bicyclic) bond motifs is 4. The molecule has 1 heterocycles. The van der Waals surface area contributed by atoms with Crippen molar-refractivity contribution < 1.29 is 4.57 Å². The highest BCUT2D eigenvalue weighted by Crippen LogP contribution is 2.49. The Morgan fingerprint density at radius 1 is 0.295 bits per heavy atom. The van der Waals surface area contributed by atoms with Gasteiger partial charge in [0.25, 0.3) is 0 Å². The van der Waals surface area contributed by atoms with Crippen LogP contribution in [0.4, 0.5) is 0 Å². The van der Waals surface area contributed by atoms with Crippen LogP contribution in [0.5, 0.6) is 0 Å². The third kappa shape index (κ3) is 8.15. The van der Waals surface area contributed by atoms with Crippen molar-refractivity contribution in [3.05, 3.63) is 278 Å². The molecule has 0 spiro atoms. The zero-order valence-corrected chi connectivity index (χ0v) is 44.0. The van der Waals surface area contributed by atoms with Crippen molar-refractivity contribution >= 4 is 66.1 Å². The molecule has 0 aliphatic heterocycles. The first kappa shape index (κ1) is 47.4. The van der Waals surface area contributed by atoms with Gasteiger partial charge in [-0.25, -0.2) is 15.0 Å². The van der Waals surface area contributed by atoms with Crippen molar-refractivity contribution in [3.63, 3.8) is 0 Å². The number of hydrogen-bond donors (Lipinski definition) is 0. The van der Waals surface area contributed by atoms with Gasteiger partial charge in [0.05, 0.1) is 0 Å². The average Bonchev–Trinajstić information content (AvgIpc) is 3.58. The normalized spacial score (nSPS) is 13.5. The minimum atomic E-state index is -3.13. The highest BCUT2D eigenvalue weighted by molar-refractivity contribution is 7.85. The average molecular weight is 1020 g/mol. The highest BCUT2D eigenvalue weighted by Gasteiger charge is 2.36. The number of hydrogen-bond acceptors (Lipinski definition) is 4. The first-order chi connectivity index (χ1) is 38.5. The smallest absolute Gasteiger partial charge is 0.171 e. The summed E-state index contributed by atoms with van der Waals surface area (Å²) < 4.78 is 15.3. The topological polar surface area (TPSA) is 55.7 Å². The van der Waals surface area contributed by atoms with E-state index in [0.29, 0.717) is 17.5 Å². The molecule has 0 unspecified atom stereocenters. The first-order valence-corrected chi connectivity index (χ1v) is 28.9. The van der Waals surface area contributed by atoms with E-state index < -0.39 is 7.14 Å². The Balaban J connectivity index is 0.837. The van der Waals surface area contributed by atoms with E-state index in [9.17, 15) is 0 Å². The largest absolute Gasteiger partial charge is 0.309 e. The second-order valence-corrected chi connectivity index (χ2v) is 23.6. The van der Waals surface area contributed by atoms with Gasteiger partial charge in [0, 0.05) is 38.0 Å². The Morgan fingerprint density at radius 2 is 0.641 bits per heavy atom. The van der Waals surface area contributed by atoms with Crippen LogP contribution in [-0.4, -0.2) is 15.0 Å². The Kier molecular flexibility index (Phi) is 12.0.